The Bertz CT molecular complexity index is 1110. The summed E-state index contributed by atoms with van der Waals surface area (Å²) in [5.41, 5.74) is 3.13. The topological polar surface area (TPSA) is 59.7 Å². The van der Waals surface area contributed by atoms with E-state index in [1.807, 2.05) is 30.9 Å². The quantitative estimate of drug-likeness (QED) is 0.529. The van der Waals surface area contributed by atoms with Crippen LogP contribution in [0.25, 0.3) is 10.8 Å². The zero-order chi connectivity index (χ0) is 18.8. The Kier molecular flexibility index (Phi) is 4.60. The van der Waals surface area contributed by atoms with E-state index in [1.165, 1.54) is 16.3 Å². The van der Waals surface area contributed by atoms with E-state index in [4.69, 9.17) is 12.2 Å². The van der Waals surface area contributed by atoms with Gasteiger partial charge in [-0.15, -0.1) is 0 Å². The fourth-order valence-electron chi connectivity index (χ4n) is 3.01. The Morgan fingerprint density at radius 1 is 1.07 bits per heavy atom. The molecule has 0 atom stereocenters. The lowest BCUT2D eigenvalue weighted by Crippen LogP contribution is -2.20. The van der Waals surface area contributed by atoms with Gasteiger partial charge in [0.15, 0.2) is 10.9 Å². The Hall–Kier alpha value is -3.19. The van der Waals surface area contributed by atoms with E-state index in [-0.39, 0.29) is 0 Å². The zero-order valence-electron chi connectivity index (χ0n) is 15.2. The van der Waals surface area contributed by atoms with Crippen LogP contribution in [0.4, 0.5) is 11.5 Å². The van der Waals surface area contributed by atoms with Crippen molar-refractivity contribution in [3.05, 3.63) is 72.2 Å². The number of nitrogens with zero attached hydrogens (tertiary/aromatic N) is 4. The first-order chi connectivity index (χ1) is 13.1. The number of aryl methyl sites for hydroxylation is 1. The van der Waals surface area contributed by atoms with Gasteiger partial charge in [-0.25, -0.2) is 0 Å². The first-order valence-corrected chi connectivity index (χ1v) is 9.08. The summed E-state index contributed by atoms with van der Waals surface area (Å²) in [6.07, 6.45) is 3.70. The van der Waals surface area contributed by atoms with E-state index >= 15 is 0 Å². The van der Waals surface area contributed by atoms with Crippen LogP contribution in [-0.4, -0.2) is 24.7 Å². The van der Waals surface area contributed by atoms with Crippen molar-refractivity contribution >= 4 is 39.6 Å². The third-order valence-corrected chi connectivity index (χ3v) is 4.78. The van der Waals surface area contributed by atoms with Gasteiger partial charge in [0.05, 0.1) is 24.1 Å². The largest absolute Gasteiger partial charge is 0.330 e. The normalized spacial score (nSPS) is 10.9. The molecule has 4 rings (SSSR count). The molecule has 7 heteroatoms. The maximum Gasteiger partial charge on any atom is 0.176 e. The maximum absolute atomic E-state index is 5.38. The van der Waals surface area contributed by atoms with E-state index in [0.29, 0.717) is 17.5 Å². The average molecular weight is 376 g/mol. The van der Waals surface area contributed by atoms with E-state index < -0.39 is 0 Å². The Balaban J connectivity index is 1.45. The van der Waals surface area contributed by atoms with Gasteiger partial charge in [0.2, 0.25) is 0 Å². The summed E-state index contributed by atoms with van der Waals surface area (Å²) in [6, 6.07) is 16.6. The number of hydrogen-bond donors (Lipinski definition) is 2. The van der Waals surface area contributed by atoms with E-state index in [0.717, 1.165) is 11.4 Å². The van der Waals surface area contributed by atoms with Crippen molar-refractivity contribution in [1.29, 1.82) is 0 Å². The molecule has 0 saturated carbocycles. The third-order valence-electron chi connectivity index (χ3n) is 4.58. The van der Waals surface area contributed by atoms with Crippen LogP contribution in [0.15, 0.2) is 60.9 Å². The summed E-state index contributed by atoms with van der Waals surface area (Å²) < 4.78 is 3.70. The highest BCUT2D eigenvalue weighted by atomic mass is 32.1. The molecule has 2 heterocycles. The van der Waals surface area contributed by atoms with E-state index in [2.05, 4.69) is 63.3 Å². The molecule has 0 saturated heterocycles. The third kappa shape index (κ3) is 3.68. The van der Waals surface area contributed by atoms with Gasteiger partial charge in [0.25, 0.3) is 0 Å². The van der Waals surface area contributed by atoms with Gasteiger partial charge in [-0.3, -0.25) is 9.36 Å². The Morgan fingerprint density at radius 3 is 2.70 bits per heavy atom. The van der Waals surface area contributed by atoms with Gasteiger partial charge in [0, 0.05) is 19.3 Å². The number of fused-ring (bicyclic) bond motifs is 1. The molecule has 0 aliphatic carbocycles. The van der Waals surface area contributed by atoms with Crippen molar-refractivity contribution < 1.29 is 0 Å². The van der Waals surface area contributed by atoms with Crippen molar-refractivity contribution in [2.24, 2.45) is 7.05 Å². The van der Waals surface area contributed by atoms with Crippen molar-refractivity contribution in [2.45, 2.75) is 13.5 Å². The molecule has 0 aliphatic heterocycles. The minimum atomic E-state index is 0.488. The molecule has 0 radical (unpaired) electrons. The molecule has 136 valence electrons. The van der Waals surface area contributed by atoms with Crippen LogP contribution in [0.2, 0.25) is 0 Å². The second-order valence-corrected chi connectivity index (χ2v) is 6.79. The molecule has 27 heavy (non-hydrogen) atoms. The second-order valence-electron chi connectivity index (χ2n) is 6.38. The smallest absolute Gasteiger partial charge is 0.176 e. The first-order valence-electron chi connectivity index (χ1n) is 8.67. The monoisotopic (exact) mass is 376 g/mol. The summed E-state index contributed by atoms with van der Waals surface area (Å²) >= 11 is 5.38. The van der Waals surface area contributed by atoms with Gasteiger partial charge < -0.3 is 10.6 Å². The van der Waals surface area contributed by atoms with Crippen molar-refractivity contribution in [2.75, 3.05) is 10.6 Å². The van der Waals surface area contributed by atoms with Gasteiger partial charge in [-0.1, -0.05) is 42.5 Å². The lowest BCUT2D eigenvalue weighted by molar-refractivity contribution is 0.693. The number of nitrogens with one attached hydrogen (secondary N) is 2. The number of hydrogen-bond acceptors (Lipinski definition) is 3. The number of thiocarbonyl (C=S) groups is 1. The average Bonchev–Trinajstić information content (AvgIpc) is 3.23. The highest BCUT2D eigenvalue weighted by molar-refractivity contribution is 7.80. The lowest BCUT2D eigenvalue weighted by Gasteiger charge is -2.08. The van der Waals surface area contributed by atoms with Gasteiger partial charge in [-0.05, 0) is 35.5 Å². The minimum Gasteiger partial charge on any atom is -0.330 e. The van der Waals surface area contributed by atoms with Gasteiger partial charge in [0.1, 0.15) is 0 Å². The molecule has 0 fully saturated rings. The van der Waals surface area contributed by atoms with Crippen LogP contribution < -0.4 is 10.6 Å². The van der Waals surface area contributed by atoms with Gasteiger partial charge >= 0.3 is 0 Å². The predicted octanol–water partition coefficient (Wildman–Crippen LogP) is 3.94. The second kappa shape index (κ2) is 7.20. The summed E-state index contributed by atoms with van der Waals surface area (Å²) in [6.45, 7) is 2.68. The van der Waals surface area contributed by atoms with Crippen LogP contribution in [0.5, 0.6) is 0 Å². The number of anilines is 2. The summed E-state index contributed by atoms with van der Waals surface area (Å²) in [5.74, 6) is 0.703. The SMILES string of the molecule is Cc1c(NC(=S)Nc2ccn(Cc3cccc4ccccc34)n2)cnn1C. The van der Waals surface area contributed by atoms with Crippen molar-refractivity contribution in [1.82, 2.24) is 19.6 Å². The maximum atomic E-state index is 5.38. The number of aromatic nitrogens is 4. The lowest BCUT2D eigenvalue weighted by atomic mass is 10.0. The van der Waals surface area contributed by atoms with Crippen LogP contribution in [0.1, 0.15) is 11.3 Å². The fourth-order valence-corrected chi connectivity index (χ4v) is 3.23. The number of benzene rings is 2. The van der Waals surface area contributed by atoms with Crippen LogP contribution in [0.3, 0.4) is 0 Å². The predicted molar refractivity (Wildman–Crippen MR) is 113 cm³/mol. The number of rotatable bonds is 4. The van der Waals surface area contributed by atoms with Crippen LogP contribution in [0, 0.1) is 6.92 Å². The van der Waals surface area contributed by atoms with Crippen LogP contribution in [-0.2, 0) is 13.6 Å². The molecule has 0 amide bonds. The van der Waals surface area contributed by atoms with Crippen LogP contribution >= 0.6 is 12.2 Å². The molecular formula is C20H20N6S. The van der Waals surface area contributed by atoms with Crippen molar-refractivity contribution in [3.8, 4) is 0 Å². The first kappa shape index (κ1) is 17.2. The molecule has 2 aromatic heterocycles. The molecule has 0 bridgehead atoms. The van der Waals surface area contributed by atoms with Gasteiger partial charge in [-0.2, -0.15) is 10.2 Å². The summed E-state index contributed by atoms with van der Waals surface area (Å²) in [4.78, 5) is 0. The fraction of sp³-hybridized carbons (Fsp3) is 0.150. The highest BCUT2D eigenvalue weighted by Gasteiger charge is 2.08. The molecule has 0 spiro atoms. The van der Waals surface area contributed by atoms with E-state index in [1.54, 1.807) is 10.9 Å². The highest BCUT2D eigenvalue weighted by Crippen LogP contribution is 2.19. The molecule has 2 aromatic carbocycles. The zero-order valence-corrected chi connectivity index (χ0v) is 16.0. The molecule has 2 N–H and O–H groups in total. The van der Waals surface area contributed by atoms with Crippen molar-refractivity contribution in [3.63, 3.8) is 0 Å². The Labute approximate surface area is 162 Å². The Morgan fingerprint density at radius 2 is 1.89 bits per heavy atom. The standard InChI is InChI=1S/C20H20N6S/c1-14-18(12-21-25(14)2)22-20(27)23-19-10-11-26(24-19)13-16-8-5-7-15-6-3-4-9-17(15)16/h3-12H,13H2,1-2H3,(H2,22,23,24,27). The van der Waals surface area contributed by atoms with E-state index in [9.17, 15) is 0 Å². The molecule has 0 unspecified atom stereocenters. The minimum absolute atomic E-state index is 0.488. The molecular weight excluding hydrogens is 356 g/mol. The molecule has 4 aromatic rings. The molecule has 0 aliphatic rings. The summed E-state index contributed by atoms with van der Waals surface area (Å²) in [7, 11) is 1.89. The molecule has 6 nitrogen and oxygen atoms in total. The summed E-state index contributed by atoms with van der Waals surface area (Å²) in [5, 5.41) is 18.0.